The molecule has 0 unspecified atom stereocenters. The Morgan fingerprint density at radius 3 is 2.02 bits per heavy atom. The molecule has 0 fully saturated rings. The lowest BCUT2D eigenvalue weighted by Crippen LogP contribution is -2.24. The topological polar surface area (TPSA) is 47.3 Å². The highest BCUT2D eigenvalue weighted by Gasteiger charge is 2.29. The number of fused-ring (bicyclic) bond motifs is 4. The summed E-state index contributed by atoms with van der Waals surface area (Å²) in [6.45, 7) is 5.91. The van der Waals surface area contributed by atoms with Crippen LogP contribution in [-0.2, 0) is 4.57 Å². The maximum atomic E-state index is 15.0. The number of hydrogen-bond acceptors (Lipinski definition) is 3. The van der Waals surface area contributed by atoms with Gasteiger partial charge in [0.05, 0.1) is 11.2 Å². The fraction of sp³-hybridized carbons (Fsp3) is 0.0233. The summed E-state index contributed by atoms with van der Waals surface area (Å²) in [5.74, 6) is 0.844. The zero-order valence-electron chi connectivity index (χ0n) is 26.5. The van der Waals surface area contributed by atoms with Crippen LogP contribution in [0.15, 0.2) is 164 Å². The molecule has 2 heterocycles. The maximum Gasteiger partial charge on any atom is 0.171 e. The Balaban J connectivity index is 1.23. The van der Waals surface area contributed by atoms with Gasteiger partial charge in [-0.1, -0.05) is 134 Å². The largest absolute Gasteiger partial charge is 0.309 e. The van der Waals surface area contributed by atoms with E-state index in [0.29, 0.717) is 0 Å². The van der Waals surface area contributed by atoms with Gasteiger partial charge in [0.25, 0.3) is 0 Å². The van der Waals surface area contributed by atoms with E-state index in [1.54, 1.807) is 6.08 Å². The van der Waals surface area contributed by atoms with Gasteiger partial charge in [-0.3, -0.25) is 4.40 Å². The third-order valence-corrected chi connectivity index (χ3v) is 12.1. The summed E-state index contributed by atoms with van der Waals surface area (Å²) in [5.41, 5.74) is 6.89. The Bertz CT molecular complexity index is 2520. The van der Waals surface area contributed by atoms with Crippen molar-refractivity contribution in [3.8, 4) is 22.5 Å². The number of hydrogen-bond donors (Lipinski definition) is 0. The van der Waals surface area contributed by atoms with Crippen molar-refractivity contribution in [1.29, 1.82) is 0 Å². The van der Waals surface area contributed by atoms with Gasteiger partial charge in [-0.05, 0) is 65.2 Å². The van der Waals surface area contributed by atoms with Gasteiger partial charge in [-0.2, -0.15) is 0 Å². The number of allylic oxidation sites excluding steroid dienone is 2. The highest BCUT2D eigenvalue weighted by atomic mass is 31.2. The SMILES string of the molecule is C=C/C=C\c1nc2c3ccccc3nc(-c3cccc(-c4ccc5cc(P(=O)(c6ccccc6)c6ccccc6)ccc5c4)c3)n2c1C. The van der Waals surface area contributed by atoms with Crippen LogP contribution in [0.25, 0.3) is 55.9 Å². The average Bonchev–Trinajstić information content (AvgIpc) is 3.49. The fourth-order valence-corrected chi connectivity index (χ4v) is 9.25. The standard InChI is InChI=1S/C43H32N3OP/c1-3-4-21-40-30(2)46-42(45-41-22-12-11-20-39(41)43(46)44-40)35-15-13-14-31(28-35)32-23-24-34-29-38(26-25-33(34)27-32)48(47,36-16-7-5-8-17-36)37-18-9-6-10-19-37/h3-29H,1H2,2H3/b21-4-. The lowest BCUT2D eigenvalue weighted by atomic mass is 9.99. The number of aryl methyl sites for hydroxylation is 1. The highest BCUT2D eigenvalue weighted by molar-refractivity contribution is 7.85. The van der Waals surface area contributed by atoms with Crippen LogP contribution in [0, 0.1) is 6.92 Å². The van der Waals surface area contributed by atoms with Gasteiger partial charge >= 0.3 is 0 Å². The van der Waals surface area contributed by atoms with Crippen molar-refractivity contribution < 1.29 is 4.57 Å². The zero-order chi connectivity index (χ0) is 32.7. The number of benzene rings is 6. The summed E-state index contributed by atoms with van der Waals surface area (Å²) in [7, 11) is -3.06. The molecule has 230 valence electrons. The van der Waals surface area contributed by atoms with Gasteiger partial charge in [0, 0.05) is 32.6 Å². The van der Waals surface area contributed by atoms with E-state index < -0.39 is 7.14 Å². The molecule has 5 heteroatoms. The monoisotopic (exact) mass is 637 g/mol. The average molecular weight is 638 g/mol. The van der Waals surface area contributed by atoms with E-state index in [-0.39, 0.29) is 0 Å². The predicted molar refractivity (Wildman–Crippen MR) is 202 cm³/mol. The number of nitrogens with zero attached hydrogens (tertiary/aromatic N) is 3. The Hall–Kier alpha value is -5.83. The van der Waals surface area contributed by atoms with Crippen molar-refractivity contribution in [2.24, 2.45) is 0 Å². The molecule has 4 nitrogen and oxygen atoms in total. The third-order valence-electron chi connectivity index (χ3n) is 9.00. The van der Waals surface area contributed by atoms with Crippen LogP contribution in [0.5, 0.6) is 0 Å². The molecule has 0 bridgehead atoms. The molecule has 0 saturated heterocycles. The molecular formula is C43H32N3OP. The van der Waals surface area contributed by atoms with E-state index in [1.165, 1.54) is 0 Å². The van der Waals surface area contributed by atoms with E-state index in [9.17, 15) is 4.57 Å². The summed E-state index contributed by atoms with van der Waals surface area (Å²) in [6, 6.07) is 49.0. The molecule has 8 aromatic rings. The lowest BCUT2D eigenvalue weighted by Gasteiger charge is -2.20. The van der Waals surface area contributed by atoms with E-state index in [1.807, 2.05) is 97.1 Å². The molecule has 2 aromatic heterocycles. The van der Waals surface area contributed by atoms with Crippen LogP contribution in [0.2, 0.25) is 0 Å². The van der Waals surface area contributed by atoms with Crippen LogP contribution in [0.4, 0.5) is 0 Å². The van der Waals surface area contributed by atoms with Crippen LogP contribution in [-0.4, -0.2) is 14.4 Å². The van der Waals surface area contributed by atoms with Crippen LogP contribution < -0.4 is 15.9 Å². The molecule has 0 spiro atoms. The van der Waals surface area contributed by atoms with Crippen molar-refractivity contribution in [3.05, 3.63) is 176 Å². The first kappa shape index (κ1) is 29.6. The number of rotatable bonds is 7. The Morgan fingerprint density at radius 1 is 0.625 bits per heavy atom. The van der Waals surface area contributed by atoms with Gasteiger partial charge in [0.1, 0.15) is 11.5 Å². The molecule has 0 aliphatic rings. The summed E-state index contributed by atoms with van der Waals surface area (Å²) in [4.78, 5) is 10.2. The summed E-state index contributed by atoms with van der Waals surface area (Å²) >= 11 is 0. The van der Waals surface area contributed by atoms with Crippen LogP contribution >= 0.6 is 7.14 Å². The molecule has 0 N–H and O–H groups in total. The second-order valence-corrected chi connectivity index (χ2v) is 14.7. The molecule has 0 aliphatic heterocycles. The molecule has 0 aliphatic carbocycles. The Morgan fingerprint density at radius 2 is 1.27 bits per heavy atom. The second-order valence-electron chi connectivity index (χ2n) is 11.9. The van der Waals surface area contributed by atoms with Gasteiger partial charge in [0.2, 0.25) is 0 Å². The maximum absolute atomic E-state index is 15.0. The first-order valence-electron chi connectivity index (χ1n) is 16.0. The van der Waals surface area contributed by atoms with Gasteiger partial charge in [-0.15, -0.1) is 0 Å². The lowest BCUT2D eigenvalue weighted by molar-refractivity contribution is 0.592. The highest BCUT2D eigenvalue weighted by Crippen LogP contribution is 2.43. The molecule has 6 aromatic carbocycles. The molecule has 48 heavy (non-hydrogen) atoms. The molecule has 8 rings (SSSR count). The third kappa shape index (κ3) is 4.99. The minimum Gasteiger partial charge on any atom is -0.309 e. The van der Waals surface area contributed by atoms with Crippen LogP contribution in [0.3, 0.4) is 0 Å². The van der Waals surface area contributed by atoms with Crippen LogP contribution in [0.1, 0.15) is 11.4 Å². The quantitative estimate of drug-likeness (QED) is 0.129. The minimum atomic E-state index is -3.06. The van der Waals surface area contributed by atoms with Gasteiger partial charge in [0.15, 0.2) is 7.14 Å². The number of aromatic nitrogens is 3. The number of imidazole rings is 1. The summed E-state index contributed by atoms with van der Waals surface area (Å²) in [6.07, 6.45) is 5.67. The van der Waals surface area contributed by atoms with E-state index in [2.05, 4.69) is 78.6 Å². The smallest absolute Gasteiger partial charge is 0.171 e. The van der Waals surface area contributed by atoms with E-state index in [0.717, 1.165) is 77.1 Å². The first-order valence-corrected chi connectivity index (χ1v) is 17.7. The van der Waals surface area contributed by atoms with Crippen molar-refractivity contribution in [3.63, 3.8) is 0 Å². The molecule has 0 amide bonds. The number of para-hydroxylation sites is 1. The summed E-state index contributed by atoms with van der Waals surface area (Å²) in [5, 5.41) is 5.63. The van der Waals surface area contributed by atoms with E-state index >= 15 is 0 Å². The normalized spacial score (nSPS) is 11.9. The first-order chi connectivity index (χ1) is 23.5. The Kier molecular flexibility index (Phi) is 7.44. The summed E-state index contributed by atoms with van der Waals surface area (Å²) < 4.78 is 17.1. The van der Waals surface area contributed by atoms with E-state index in [4.69, 9.17) is 9.97 Å². The van der Waals surface area contributed by atoms with Gasteiger partial charge in [-0.25, -0.2) is 9.97 Å². The minimum absolute atomic E-state index is 0.826. The second kappa shape index (κ2) is 12.1. The zero-order valence-corrected chi connectivity index (χ0v) is 27.4. The fourth-order valence-electron chi connectivity index (χ4n) is 6.56. The van der Waals surface area contributed by atoms with Gasteiger partial charge < -0.3 is 4.57 Å². The predicted octanol–water partition coefficient (Wildman–Crippen LogP) is 9.52. The van der Waals surface area contributed by atoms with Crippen molar-refractivity contribution in [1.82, 2.24) is 14.4 Å². The van der Waals surface area contributed by atoms with Crippen molar-refractivity contribution in [2.45, 2.75) is 6.92 Å². The molecular weight excluding hydrogens is 605 g/mol. The van der Waals surface area contributed by atoms with Crippen molar-refractivity contribution in [2.75, 3.05) is 0 Å². The molecule has 0 saturated carbocycles. The molecule has 0 atom stereocenters. The Labute approximate surface area is 279 Å². The molecule has 0 radical (unpaired) electrons. The van der Waals surface area contributed by atoms with Crippen molar-refractivity contribution >= 4 is 56.5 Å².